The largest absolute Gasteiger partial charge is 0.468 e. The van der Waals surface area contributed by atoms with Crippen LogP contribution in [-0.4, -0.2) is 18.3 Å². The first-order chi connectivity index (χ1) is 7.86. The number of furan rings is 1. The lowest BCUT2D eigenvalue weighted by Gasteiger charge is -2.22. The molecule has 90 valence electrons. The average molecular weight is 239 g/mol. The molecule has 0 spiro atoms. The maximum Gasteiger partial charge on any atom is 0.114 e. The Morgan fingerprint density at radius 1 is 1.38 bits per heavy atom. The Labute approximate surface area is 102 Å². The van der Waals surface area contributed by atoms with Crippen molar-refractivity contribution in [2.75, 3.05) is 12.3 Å². The van der Waals surface area contributed by atoms with Gasteiger partial charge in [0.1, 0.15) is 5.76 Å². The maximum atomic E-state index is 5.27. The van der Waals surface area contributed by atoms with Crippen molar-refractivity contribution in [3.63, 3.8) is 0 Å². The quantitative estimate of drug-likeness (QED) is 0.628. The van der Waals surface area contributed by atoms with Crippen molar-refractivity contribution < 1.29 is 4.42 Å². The van der Waals surface area contributed by atoms with Crippen molar-refractivity contribution in [2.24, 2.45) is 0 Å². The molecule has 0 atom stereocenters. The molecule has 0 saturated heterocycles. The first-order valence-electron chi connectivity index (χ1n) is 6.26. The van der Waals surface area contributed by atoms with Gasteiger partial charge in [-0.1, -0.05) is 19.3 Å². The highest BCUT2D eigenvalue weighted by molar-refractivity contribution is 7.99. The highest BCUT2D eigenvalue weighted by Crippen LogP contribution is 2.22. The van der Waals surface area contributed by atoms with Crippen LogP contribution in [0.2, 0.25) is 0 Å². The van der Waals surface area contributed by atoms with Gasteiger partial charge in [-0.25, -0.2) is 0 Å². The van der Waals surface area contributed by atoms with E-state index < -0.39 is 0 Å². The molecule has 1 aliphatic carbocycles. The van der Waals surface area contributed by atoms with Crippen molar-refractivity contribution in [2.45, 2.75) is 50.0 Å². The number of rotatable bonds is 5. The normalized spacial score (nSPS) is 17.8. The topological polar surface area (TPSA) is 25.2 Å². The fourth-order valence-corrected chi connectivity index (χ4v) is 3.10. The van der Waals surface area contributed by atoms with Gasteiger partial charge in [0.25, 0.3) is 0 Å². The van der Waals surface area contributed by atoms with E-state index in [0.717, 1.165) is 24.1 Å². The molecule has 1 fully saturated rings. The van der Waals surface area contributed by atoms with Crippen LogP contribution in [0.4, 0.5) is 0 Å². The predicted molar refractivity (Wildman–Crippen MR) is 69.0 cm³/mol. The summed E-state index contributed by atoms with van der Waals surface area (Å²) in [7, 11) is 0. The van der Waals surface area contributed by atoms with Crippen LogP contribution < -0.4 is 5.32 Å². The van der Waals surface area contributed by atoms with E-state index in [-0.39, 0.29) is 0 Å². The van der Waals surface area contributed by atoms with E-state index in [4.69, 9.17) is 4.42 Å². The van der Waals surface area contributed by atoms with Gasteiger partial charge in [-0.3, -0.25) is 0 Å². The smallest absolute Gasteiger partial charge is 0.114 e. The minimum atomic E-state index is 0.778. The Bertz CT molecular complexity index is 305. The van der Waals surface area contributed by atoms with Crippen LogP contribution in [0.5, 0.6) is 0 Å². The average Bonchev–Trinajstić information content (AvgIpc) is 2.72. The van der Waals surface area contributed by atoms with Crippen molar-refractivity contribution in [3.05, 3.63) is 18.1 Å². The number of nitrogens with one attached hydrogen (secondary N) is 1. The summed E-state index contributed by atoms with van der Waals surface area (Å²) < 4.78 is 5.27. The summed E-state index contributed by atoms with van der Waals surface area (Å²) in [6, 6.07) is 2.83. The zero-order valence-electron chi connectivity index (χ0n) is 10.00. The molecule has 0 aromatic carbocycles. The summed E-state index contributed by atoms with van der Waals surface area (Å²) in [4.78, 5) is 1.28. The molecular formula is C13H21NOS. The highest BCUT2D eigenvalue weighted by Gasteiger charge is 2.11. The molecule has 0 amide bonds. The number of thioether (sulfide) groups is 1. The summed E-state index contributed by atoms with van der Waals surface area (Å²) in [5.41, 5.74) is 0. The minimum absolute atomic E-state index is 0.778. The van der Waals surface area contributed by atoms with E-state index in [2.05, 4.69) is 11.4 Å². The minimum Gasteiger partial charge on any atom is -0.468 e. The van der Waals surface area contributed by atoms with Gasteiger partial charge in [0, 0.05) is 23.2 Å². The molecule has 0 radical (unpaired) electrons. The molecule has 1 N–H and O–H groups in total. The Morgan fingerprint density at radius 3 is 2.88 bits per heavy atom. The van der Waals surface area contributed by atoms with Gasteiger partial charge in [-0.2, -0.15) is 0 Å². The second-order valence-corrected chi connectivity index (χ2v) is 5.62. The fourth-order valence-electron chi connectivity index (χ4n) is 2.25. The molecule has 0 bridgehead atoms. The molecule has 2 rings (SSSR count). The molecule has 1 saturated carbocycles. The Morgan fingerprint density at radius 2 is 2.19 bits per heavy atom. The van der Waals surface area contributed by atoms with E-state index in [0.29, 0.717) is 0 Å². The van der Waals surface area contributed by atoms with Gasteiger partial charge in [-0.15, -0.1) is 11.8 Å². The molecule has 2 nitrogen and oxygen atoms in total. The Kier molecular flexibility index (Phi) is 4.79. The first kappa shape index (κ1) is 12.1. The lowest BCUT2D eigenvalue weighted by Crippen LogP contribution is -2.32. The van der Waals surface area contributed by atoms with E-state index in [1.807, 2.05) is 18.7 Å². The molecule has 0 unspecified atom stereocenters. The monoisotopic (exact) mass is 239 g/mol. The van der Waals surface area contributed by atoms with Gasteiger partial charge < -0.3 is 9.73 Å². The van der Waals surface area contributed by atoms with E-state index in [1.54, 1.807) is 6.26 Å². The van der Waals surface area contributed by atoms with Crippen LogP contribution in [0.3, 0.4) is 0 Å². The van der Waals surface area contributed by atoms with Gasteiger partial charge in [0.05, 0.1) is 6.26 Å². The summed E-state index contributed by atoms with van der Waals surface area (Å²) >= 11 is 1.89. The van der Waals surface area contributed by atoms with Crippen molar-refractivity contribution in [3.8, 4) is 0 Å². The van der Waals surface area contributed by atoms with Gasteiger partial charge >= 0.3 is 0 Å². The Balaban J connectivity index is 1.59. The second-order valence-electron chi connectivity index (χ2n) is 4.48. The van der Waals surface area contributed by atoms with E-state index in [9.17, 15) is 0 Å². The first-order valence-corrected chi connectivity index (χ1v) is 7.25. The number of aryl methyl sites for hydroxylation is 1. The van der Waals surface area contributed by atoms with Gasteiger partial charge in [0.15, 0.2) is 0 Å². The van der Waals surface area contributed by atoms with Gasteiger partial charge in [0.2, 0.25) is 0 Å². The van der Waals surface area contributed by atoms with Gasteiger partial charge in [-0.05, 0) is 25.8 Å². The van der Waals surface area contributed by atoms with Crippen LogP contribution in [0.25, 0.3) is 0 Å². The zero-order valence-corrected chi connectivity index (χ0v) is 10.8. The van der Waals surface area contributed by atoms with Crippen LogP contribution in [0.15, 0.2) is 21.6 Å². The Hall–Kier alpha value is -0.410. The molecule has 1 heterocycles. The predicted octanol–water partition coefficient (Wildman–Crippen LogP) is 3.60. The van der Waals surface area contributed by atoms with Crippen LogP contribution in [0, 0.1) is 6.92 Å². The molecule has 1 aromatic heterocycles. The van der Waals surface area contributed by atoms with Crippen LogP contribution in [-0.2, 0) is 0 Å². The number of hydrogen-bond acceptors (Lipinski definition) is 3. The van der Waals surface area contributed by atoms with Crippen LogP contribution >= 0.6 is 11.8 Å². The summed E-state index contributed by atoms with van der Waals surface area (Å²) in [6.07, 6.45) is 8.76. The zero-order chi connectivity index (χ0) is 11.2. The summed E-state index contributed by atoms with van der Waals surface area (Å²) in [5, 5.41) is 3.65. The molecule has 1 aromatic rings. The third-order valence-corrected chi connectivity index (χ3v) is 4.35. The third kappa shape index (κ3) is 3.56. The molecule has 3 heteroatoms. The lowest BCUT2D eigenvalue weighted by molar-refractivity contribution is 0.381. The highest BCUT2D eigenvalue weighted by atomic mass is 32.2. The summed E-state index contributed by atoms with van der Waals surface area (Å²) in [5.74, 6) is 2.18. The SMILES string of the molecule is Cc1occc1SCCNC1CCCCC1. The van der Waals surface area contributed by atoms with Crippen molar-refractivity contribution in [1.82, 2.24) is 5.32 Å². The summed E-state index contributed by atoms with van der Waals surface area (Å²) in [6.45, 7) is 3.14. The maximum absolute atomic E-state index is 5.27. The van der Waals surface area contributed by atoms with Crippen molar-refractivity contribution >= 4 is 11.8 Å². The van der Waals surface area contributed by atoms with Crippen molar-refractivity contribution in [1.29, 1.82) is 0 Å². The molecular weight excluding hydrogens is 218 g/mol. The van der Waals surface area contributed by atoms with E-state index in [1.165, 1.54) is 37.0 Å². The molecule has 16 heavy (non-hydrogen) atoms. The molecule has 0 aliphatic heterocycles. The fraction of sp³-hybridized carbons (Fsp3) is 0.692. The number of hydrogen-bond donors (Lipinski definition) is 1. The molecule has 1 aliphatic rings. The third-order valence-electron chi connectivity index (χ3n) is 3.21. The van der Waals surface area contributed by atoms with Crippen LogP contribution in [0.1, 0.15) is 37.9 Å². The lowest BCUT2D eigenvalue weighted by atomic mass is 9.96. The standard InChI is InChI=1S/C13H21NOS/c1-11-13(7-9-15-11)16-10-8-14-12-5-3-2-4-6-12/h7,9,12,14H,2-6,8,10H2,1H3. The second kappa shape index (κ2) is 6.36. The van der Waals surface area contributed by atoms with E-state index >= 15 is 0 Å².